The van der Waals surface area contributed by atoms with Gasteiger partial charge < -0.3 is 5.11 Å². The molecule has 2 atom stereocenters. The van der Waals surface area contributed by atoms with Gasteiger partial charge in [-0.25, -0.2) is 0 Å². The Morgan fingerprint density at radius 1 is 0.964 bits per heavy atom. The standard InChI is InChI=1S/C24H24N2OS/c1-16-7-9-17(10-8-16)21-15-22(20-5-3-4-6-23(20)27)26-24(25-21)18-11-13-19(28-2)14-12-18/h3-14,22,24,26-27H,15H2,1-2H3/t22-,24+/m0/s1. The van der Waals surface area contributed by atoms with Crippen LogP contribution in [-0.2, 0) is 0 Å². The van der Waals surface area contributed by atoms with Crippen LogP contribution in [0.1, 0.15) is 40.9 Å². The molecule has 0 saturated carbocycles. The highest BCUT2D eigenvalue weighted by atomic mass is 32.2. The summed E-state index contributed by atoms with van der Waals surface area (Å²) in [5.41, 5.74) is 5.47. The zero-order valence-electron chi connectivity index (χ0n) is 16.1. The van der Waals surface area contributed by atoms with E-state index in [9.17, 15) is 5.11 Å². The van der Waals surface area contributed by atoms with Crippen molar-refractivity contribution >= 4 is 17.5 Å². The molecule has 1 heterocycles. The smallest absolute Gasteiger partial charge is 0.126 e. The van der Waals surface area contributed by atoms with Gasteiger partial charge in [0.05, 0.1) is 0 Å². The fourth-order valence-corrected chi connectivity index (χ4v) is 3.97. The minimum Gasteiger partial charge on any atom is -0.508 e. The number of phenols is 1. The molecule has 4 rings (SSSR count). The van der Waals surface area contributed by atoms with Crippen LogP contribution in [-0.4, -0.2) is 17.1 Å². The average molecular weight is 389 g/mol. The maximum absolute atomic E-state index is 10.4. The lowest BCUT2D eigenvalue weighted by Crippen LogP contribution is -2.33. The summed E-state index contributed by atoms with van der Waals surface area (Å²) < 4.78 is 0. The second kappa shape index (κ2) is 8.21. The first kappa shape index (κ1) is 18.8. The summed E-state index contributed by atoms with van der Waals surface area (Å²) >= 11 is 1.73. The normalized spacial score (nSPS) is 19.3. The number of rotatable bonds is 4. The zero-order valence-corrected chi connectivity index (χ0v) is 16.9. The molecular weight excluding hydrogens is 364 g/mol. The molecular formula is C24H24N2OS. The molecule has 4 heteroatoms. The van der Waals surface area contributed by atoms with Crippen molar-refractivity contribution in [2.24, 2.45) is 4.99 Å². The third-order valence-corrected chi connectivity index (χ3v) is 5.91. The molecule has 0 radical (unpaired) electrons. The van der Waals surface area contributed by atoms with Crippen molar-refractivity contribution < 1.29 is 5.11 Å². The van der Waals surface area contributed by atoms with Crippen LogP contribution in [0.25, 0.3) is 0 Å². The van der Waals surface area contributed by atoms with E-state index in [0.29, 0.717) is 5.75 Å². The molecule has 3 aromatic rings. The van der Waals surface area contributed by atoms with Crippen LogP contribution in [0.4, 0.5) is 0 Å². The summed E-state index contributed by atoms with van der Waals surface area (Å²) in [6.07, 6.45) is 2.67. The van der Waals surface area contributed by atoms with Crippen LogP contribution in [0.15, 0.2) is 82.7 Å². The van der Waals surface area contributed by atoms with Gasteiger partial charge in [0.25, 0.3) is 0 Å². The fourth-order valence-electron chi connectivity index (χ4n) is 3.57. The van der Waals surface area contributed by atoms with E-state index in [1.165, 1.54) is 10.5 Å². The summed E-state index contributed by atoms with van der Waals surface area (Å²) in [5, 5.41) is 14.0. The second-order valence-electron chi connectivity index (χ2n) is 7.10. The van der Waals surface area contributed by atoms with Gasteiger partial charge in [-0.15, -0.1) is 11.8 Å². The van der Waals surface area contributed by atoms with Crippen molar-refractivity contribution in [1.29, 1.82) is 0 Å². The Hall–Kier alpha value is -2.56. The topological polar surface area (TPSA) is 44.6 Å². The van der Waals surface area contributed by atoms with Crippen molar-refractivity contribution in [3.63, 3.8) is 0 Å². The Labute approximate surface area is 170 Å². The van der Waals surface area contributed by atoms with Gasteiger partial charge in [-0.3, -0.25) is 10.3 Å². The number of aryl methyl sites for hydroxylation is 1. The lowest BCUT2D eigenvalue weighted by molar-refractivity contribution is 0.412. The summed E-state index contributed by atoms with van der Waals surface area (Å²) in [6.45, 7) is 2.09. The molecule has 3 nitrogen and oxygen atoms in total. The number of para-hydroxylation sites is 1. The molecule has 1 aliphatic heterocycles. The van der Waals surface area contributed by atoms with Gasteiger partial charge in [-0.2, -0.15) is 0 Å². The van der Waals surface area contributed by atoms with E-state index < -0.39 is 0 Å². The van der Waals surface area contributed by atoms with E-state index in [1.54, 1.807) is 17.8 Å². The number of nitrogens with one attached hydrogen (secondary N) is 1. The van der Waals surface area contributed by atoms with Gasteiger partial charge >= 0.3 is 0 Å². The Morgan fingerprint density at radius 3 is 2.36 bits per heavy atom. The third kappa shape index (κ3) is 3.98. The van der Waals surface area contributed by atoms with Crippen molar-refractivity contribution in [3.05, 3.63) is 95.1 Å². The minimum atomic E-state index is -0.148. The highest BCUT2D eigenvalue weighted by Crippen LogP contribution is 2.34. The molecule has 0 spiro atoms. The number of thioether (sulfide) groups is 1. The minimum absolute atomic E-state index is 0.000213. The summed E-state index contributed by atoms with van der Waals surface area (Å²) in [6, 6.07) is 24.6. The van der Waals surface area contributed by atoms with Crippen LogP contribution in [0.2, 0.25) is 0 Å². The van der Waals surface area contributed by atoms with E-state index in [0.717, 1.165) is 28.8 Å². The van der Waals surface area contributed by atoms with Gasteiger partial charge in [0.2, 0.25) is 0 Å². The molecule has 0 saturated heterocycles. The molecule has 2 N–H and O–H groups in total. The van der Waals surface area contributed by atoms with Gasteiger partial charge in [-0.1, -0.05) is 60.2 Å². The largest absolute Gasteiger partial charge is 0.508 e. The first-order valence-electron chi connectivity index (χ1n) is 9.45. The number of aliphatic imine (C=N–C) groups is 1. The Kier molecular flexibility index (Phi) is 5.51. The predicted octanol–water partition coefficient (Wildman–Crippen LogP) is 5.65. The van der Waals surface area contributed by atoms with Crippen molar-refractivity contribution in [3.8, 4) is 5.75 Å². The highest BCUT2D eigenvalue weighted by molar-refractivity contribution is 7.98. The molecule has 0 bridgehead atoms. The molecule has 3 aromatic carbocycles. The van der Waals surface area contributed by atoms with Crippen LogP contribution in [0.3, 0.4) is 0 Å². The molecule has 0 aromatic heterocycles. The van der Waals surface area contributed by atoms with Crippen molar-refractivity contribution in [2.75, 3.05) is 6.26 Å². The Bertz CT molecular complexity index is 980. The number of benzene rings is 3. The molecule has 28 heavy (non-hydrogen) atoms. The van der Waals surface area contributed by atoms with E-state index in [1.807, 2.05) is 18.2 Å². The van der Waals surface area contributed by atoms with Crippen LogP contribution in [0.5, 0.6) is 5.75 Å². The van der Waals surface area contributed by atoms with E-state index in [2.05, 4.69) is 67.0 Å². The number of hydrogen-bond donors (Lipinski definition) is 2. The Balaban J connectivity index is 1.73. The van der Waals surface area contributed by atoms with E-state index in [-0.39, 0.29) is 12.2 Å². The number of phenolic OH excluding ortho intramolecular Hbond substituents is 1. The zero-order chi connectivity index (χ0) is 19.5. The lowest BCUT2D eigenvalue weighted by atomic mass is 9.93. The first-order chi connectivity index (χ1) is 13.6. The van der Waals surface area contributed by atoms with Gasteiger partial charge in [-0.05, 0) is 42.5 Å². The molecule has 0 fully saturated rings. The maximum atomic E-state index is 10.4. The van der Waals surface area contributed by atoms with Gasteiger partial charge in [0.1, 0.15) is 11.9 Å². The highest BCUT2D eigenvalue weighted by Gasteiger charge is 2.27. The summed E-state index contributed by atoms with van der Waals surface area (Å²) in [4.78, 5) is 6.27. The second-order valence-corrected chi connectivity index (χ2v) is 7.98. The average Bonchev–Trinajstić information content (AvgIpc) is 2.74. The molecule has 0 amide bonds. The van der Waals surface area contributed by atoms with Crippen LogP contribution in [0, 0.1) is 6.92 Å². The quantitative estimate of drug-likeness (QED) is 0.568. The monoisotopic (exact) mass is 388 g/mol. The summed E-state index contributed by atoms with van der Waals surface area (Å²) in [7, 11) is 0. The SMILES string of the molecule is CSc1ccc([C@@H]2N=C(c3ccc(C)cc3)C[C@@H](c3ccccc3O)N2)cc1. The number of hydrogen-bond acceptors (Lipinski definition) is 4. The third-order valence-electron chi connectivity index (χ3n) is 5.17. The molecule has 1 aliphatic rings. The lowest BCUT2D eigenvalue weighted by Gasteiger charge is -2.31. The molecule has 142 valence electrons. The van der Waals surface area contributed by atoms with E-state index >= 15 is 0 Å². The molecule has 0 aliphatic carbocycles. The van der Waals surface area contributed by atoms with Crippen molar-refractivity contribution in [2.45, 2.75) is 30.4 Å². The van der Waals surface area contributed by atoms with Crippen LogP contribution < -0.4 is 5.32 Å². The van der Waals surface area contributed by atoms with Gasteiger partial charge in [0, 0.05) is 28.6 Å². The van der Waals surface area contributed by atoms with Crippen molar-refractivity contribution in [1.82, 2.24) is 5.32 Å². The molecule has 0 unspecified atom stereocenters. The number of nitrogens with zero attached hydrogens (tertiary/aromatic N) is 1. The van der Waals surface area contributed by atoms with Gasteiger partial charge in [0.15, 0.2) is 0 Å². The van der Waals surface area contributed by atoms with E-state index in [4.69, 9.17) is 4.99 Å². The number of aromatic hydroxyl groups is 1. The van der Waals surface area contributed by atoms with Crippen LogP contribution >= 0.6 is 11.8 Å². The predicted molar refractivity (Wildman–Crippen MR) is 117 cm³/mol. The Morgan fingerprint density at radius 2 is 1.68 bits per heavy atom. The maximum Gasteiger partial charge on any atom is 0.126 e. The summed E-state index contributed by atoms with van der Waals surface area (Å²) in [5.74, 6) is 0.321. The first-order valence-corrected chi connectivity index (χ1v) is 10.7. The fraction of sp³-hybridized carbons (Fsp3) is 0.208.